The van der Waals surface area contributed by atoms with Gasteiger partial charge in [-0.05, 0) is 35.7 Å². The smallest absolute Gasteiger partial charge is 0.336 e. The van der Waals surface area contributed by atoms with E-state index in [0.29, 0.717) is 5.56 Å². The Morgan fingerprint density at radius 2 is 1.28 bits per heavy atom. The molecule has 0 saturated heterocycles. The summed E-state index contributed by atoms with van der Waals surface area (Å²) in [6, 6.07) is 7.56. The van der Waals surface area contributed by atoms with E-state index in [2.05, 4.69) is 0 Å². The van der Waals surface area contributed by atoms with Crippen LogP contribution >= 0.6 is 0 Å². The van der Waals surface area contributed by atoms with Crippen molar-refractivity contribution in [3.8, 4) is 0 Å². The number of hydrogen-bond donors (Lipinski definition) is 4. The molecule has 8 nitrogen and oxygen atoms in total. The van der Waals surface area contributed by atoms with Crippen LogP contribution in [0.2, 0.25) is 0 Å². The summed E-state index contributed by atoms with van der Waals surface area (Å²) in [6.07, 6.45) is -0.0665. The molecule has 0 fully saturated rings. The zero-order chi connectivity index (χ0) is 18.7. The second-order valence-corrected chi connectivity index (χ2v) is 5.12. The molecule has 0 radical (unpaired) electrons. The van der Waals surface area contributed by atoms with Crippen LogP contribution < -0.4 is 0 Å². The topological polar surface area (TPSA) is 149 Å². The Morgan fingerprint density at radius 3 is 1.80 bits per heavy atom. The standard InChI is InChI=1S/C17H12O8/c18-14(19)10-5-4-8(7-12(10)16(22)23)6-9-2-1-3-11(15(20)21)13(9)17(24)25/h1-5,7H,6H2,(H,18,19)(H,20,21)(H,22,23)(H,24,25). The summed E-state index contributed by atoms with van der Waals surface area (Å²) >= 11 is 0. The maximum Gasteiger partial charge on any atom is 0.336 e. The van der Waals surface area contributed by atoms with Gasteiger partial charge in [0.1, 0.15) is 0 Å². The van der Waals surface area contributed by atoms with Crippen LogP contribution in [-0.2, 0) is 6.42 Å². The molecule has 0 atom stereocenters. The summed E-state index contributed by atoms with van der Waals surface area (Å²) in [5.74, 6) is -5.65. The summed E-state index contributed by atoms with van der Waals surface area (Å²) in [6.45, 7) is 0. The molecule has 25 heavy (non-hydrogen) atoms. The van der Waals surface area contributed by atoms with E-state index in [1.165, 1.54) is 18.2 Å². The summed E-state index contributed by atoms with van der Waals surface area (Å²) in [7, 11) is 0. The van der Waals surface area contributed by atoms with E-state index in [0.717, 1.165) is 18.2 Å². The number of carboxylic acids is 4. The van der Waals surface area contributed by atoms with Crippen LogP contribution in [0.5, 0.6) is 0 Å². The van der Waals surface area contributed by atoms with Crippen LogP contribution in [0.4, 0.5) is 0 Å². The summed E-state index contributed by atoms with van der Waals surface area (Å²) in [5, 5.41) is 36.5. The number of benzene rings is 2. The van der Waals surface area contributed by atoms with Gasteiger partial charge in [0.25, 0.3) is 0 Å². The van der Waals surface area contributed by atoms with Gasteiger partial charge >= 0.3 is 23.9 Å². The van der Waals surface area contributed by atoms with E-state index in [-0.39, 0.29) is 17.5 Å². The molecule has 0 saturated carbocycles. The summed E-state index contributed by atoms with van der Waals surface area (Å²) < 4.78 is 0. The molecule has 128 valence electrons. The van der Waals surface area contributed by atoms with E-state index in [1.54, 1.807) is 0 Å². The normalized spacial score (nSPS) is 10.2. The third kappa shape index (κ3) is 3.63. The van der Waals surface area contributed by atoms with Gasteiger partial charge in [0, 0.05) is 0 Å². The van der Waals surface area contributed by atoms with Crippen LogP contribution in [0.15, 0.2) is 36.4 Å². The lowest BCUT2D eigenvalue weighted by Gasteiger charge is -2.10. The van der Waals surface area contributed by atoms with Gasteiger partial charge in [-0.15, -0.1) is 0 Å². The largest absolute Gasteiger partial charge is 0.478 e. The highest BCUT2D eigenvalue weighted by Crippen LogP contribution is 2.21. The molecule has 0 heterocycles. The number of carbonyl (C=O) groups is 4. The van der Waals surface area contributed by atoms with Gasteiger partial charge in [0.2, 0.25) is 0 Å². The van der Waals surface area contributed by atoms with Crippen molar-refractivity contribution in [1.29, 1.82) is 0 Å². The van der Waals surface area contributed by atoms with E-state index < -0.39 is 40.6 Å². The van der Waals surface area contributed by atoms with Crippen molar-refractivity contribution in [3.63, 3.8) is 0 Å². The molecule has 0 aromatic heterocycles. The lowest BCUT2D eigenvalue weighted by Crippen LogP contribution is -2.12. The fraction of sp³-hybridized carbons (Fsp3) is 0.0588. The van der Waals surface area contributed by atoms with Gasteiger partial charge in [0.05, 0.1) is 22.3 Å². The van der Waals surface area contributed by atoms with E-state index in [1.807, 2.05) is 0 Å². The van der Waals surface area contributed by atoms with Crippen molar-refractivity contribution in [2.75, 3.05) is 0 Å². The van der Waals surface area contributed by atoms with Crippen LogP contribution in [0, 0.1) is 0 Å². The molecule has 2 aromatic carbocycles. The number of rotatable bonds is 6. The van der Waals surface area contributed by atoms with E-state index in [4.69, 9.17) is 15.3 Å². The second kappa shape index (κ2) is 6.83. The fourth-order valence-electron chi connectivity index (χ4n) is 2.46. The Morgan fingerprint density at radius 1 is 0.680 bits per heavy atom. The highest BCUT2D eigenvalue weighted by Gasteiger charge is 2.21. The third-order valence-corrected chi connectivity index (χ3v) is 3.53. The predicted octanol–water partition coefficient (Wildman–Crippen LogP) is 2.07. The molecular formula is C17H12O8. The van der Waals surface area contributed by atoms with Crippen molar-refractivity contribution >= 4 is 23.9 Å². The predicted molar refractivity (Wildman–Crippen MR) is 83.5 cm³/mol. The Hall–Kier alpha value is -3.68. The molecule has 0 amide bonds. The molecule has 0 aliphatic heterocycles. The van der Waals surface area contributed by atoms with Crippen molar-refractivity contribution in [1.82, 2.24) is 0 Å². The highest BCUT2D eigenvalue weighted by molar-refractivity contribution is 6.03. The SMILES string of the molecule is O=C(O)c1ccc(Cc2cccc(C(=O)O)c2C(=O)O)cc1C(=O)O. The minimum Gasteiger partial charge on any atom is -0.478 e. The Balaban J connectivity index is 2.54. The van der Waals surface area contributed by atoms with Crippen molar-refractivity contribution in [3.05, 3.63) is 69.8 Å². The van der Waals surface area contributed by atoms with Gasteiger partial charge < -0.3 is 20.4 Å². The van der Waals surface area contributed by atoms with Crippen molar-refractivity contribution in [2.24, 2.45) is 0 Å². The average molecular weight is 344 g/mol. The summed E-state index contributed by atoms with van der Waals surface area (Å²) in [4.78, 5) is 44.9. The number of hydrogen-bond acceptors (Lipinski definition) is 4. The first-order chi connectivity index (χ1) is 11.7. The molecule has 2 aromatic rings. The van der Waals surface area contributed by atoms with Crippen molar-refractivity contribution < 1.29 is 39.6 Å². The highest BCUT2D eigenvalue weighted by atomic mass is 16.4. The minimum absolute atomic E-state index is 0.0665. The first-order valence-corrected chi connectivity index (χ1v) is 6.90. The lowest BCUT2D eigenvalue weighted by atomic mass is 9.94. The molecule has 0 aliphatic carbocycles. The molecule has 8 heteroatoms. The lowest BCUT2D eigenvalue weighted by molar-refractivity contribution is 0.0650. The number of aromatic carboxylic acids is 4. The second-order valence-electron chi connectivity index (χ2n) is 5.12. The van der Waals surface area contributed by atoms with Crippen LogP contribution in [0.3, 0.4) is 0 Å². The van der Waals surface area contributed by atoms with E-state index >= 15 is 0 Å². The quantitative estimate of drug-likeness (QED) is 0.622. The minimum atomic E-state index is -1.43. The fourth-order valence-corrected chi connectivity index (χ4v) is 2.46. The Labute approximate surface area is 140 Å². The van der Waals surface area contributed by atoms with Gasteiger partial charge in [-0.3, -0.25) is 0 Å². The van der Waals surface area contributed by atoms with Crippen LogP contribution in [0.1, 0.15) is 52.6 Å². The Bertz CT molecular complexity index is 898. The van der Waals surface area contributed by atoms with Gasteiger partial charge in [0.15, 0.2) is 0 Å². The first kappa shape index (κ1) is 17.7. The Kier molecular flexibility index (Phi) is 4.83. The van der Waals surface area contributed by atoms with Crippen molar-refractivity contribution in [2.45, 2.75) is 6.42 Å². The average Bonchev–Trinajstić information content (AvgIpc) is 2.53. The molecular weight excluding hydrogens is 332 g/mol. The number of carboxylic acid groups (broad SMARTS) is 4. The molecule has 0 spiro atoms. The maximum atomic E-state index is 11.4. The monoisotopic (exact) mass is 344 g/mol. The maximum absolute atomic E-state index is 11.4. The third-order valence-electron chi connectivity index (χ3n) is 3.53. The van der Waals surface area contributed by atoms with Gasteiger partial charge in [-0.2, -0.15) is 0 Å². The zero-order valence-corrected chi connectivity index (χ0v) is 12.6. The molecule has 0 bridgehead atoms. The molecule has 2 rings (SSSR count). The molecule has 0 unspecified atom stereocenters. The molecule has 4 N–H and O–H groups in total. The van der Waals surface area contributed by atoms with Gasteiger partial charge in [-0.25, -0.2) is 19.2 Å². The molecule has 0 aliphatic rings. The van der Waals surface area contributed by atoms with Gasteiger partial charge in [-0.1, -0.05) is 18.2 Å². The van der Waals surface area contributed by atoms with E-state index in [9.17, 15) is 24.3 Å². The zero-order valence-electron chi connectivity index (χ0n) is 12.6. The summed E-state index contributed by atoms with van der Waals surface area (Å²) in [5.41, 5.74) is -1.09. The van der Waals surface area contributed by atoms with Crippen LogP contribution in [-0.4, -0.2) is 44.3 Å². The first-order valence-electron chi connectivity index (χ1n) is 6.90. The van der Waals surface area contributed by atoms with Crippen LogP contribution in [0.25, 0.3) is 0 Å².